The van der Waals surface area contributed by atoms with Crippen molar-refractivity contribution >= 4 is 29.4 Å². The van der Waals surface area contributed by atoms with E-state index in [4.69, 9.17) is 11.6 Å². The second kappa shape index (κ2) is 10.0. The van der Waals surface area contributed by atoms with Gasteiger partial charge in [-0.15, -0.1) is 0 Å². The van der Waals surface area contributed by atoms with Crippen molar-refractivity contribution in [1.82, 2.24) is 10.2 Å². The number of halogens is 1. The number of rotatable bonds is 8. The van der Waals surface area contributed by atoms with Gasteiger partial charge in [-0.1, -0.05) is 51.4 Å². The van der Waals surface area contributed by atoms with Crippen molar-refractivity contribution in [2.75, 3.05) is 13.1 Å². The molecule has 0 saturated carbocycles. The number of carboxylic acids is 1. The van der Waals surface area contributed by atoms with E-state index < -0.39 is 28.4 Å². The van der Waals surface area contributed by atoms with E-state index in [2.05, 4.69) is 5.32 Å². The summed E-state index contributed by atoms with van der Waals surface area (Å²) in [5.74, 6) is -1.64. The largest absolute Gasteiger partial charge is 0.481 e. The third-order valence-corrected chi connectivity index (χ3v) is 7.14. The number of hydrogen-bond donors (Lipinski definition) is 3. The summed E-state index contributed by atoms with van der Waals surface area (Å²) in [4.78, 5) is 38.9. The van der Waals surface area contributed by atoms with Crippen LogP contribution in [0.15, 0.2) is 24.3 Å². The van der Waals surface area contributed by atoms with E-state index in [0.29, 0.717) is 24.5 Å². The number of amides is 2. The van der Waals surface area contributed by atoms with E-state index in [1.807, 2.05) is 39.8 Å². The van der Waals surface area contributed by atoms with Crippen LogP contribution in [0.2, 0.25) is 5.02 Å². The van der Waals surface area contributed by atoms with E-state index in [1.165, 1.54) is 0 Å². The molecule has 0 spiro atoms. The van der Waals surface area contributed by atoms with Crippen molar-refractivity contribution in [2.24, 2.45) is 16.7 Å². The van der Waals surface area contributed by atoms with E-state index >= 15 is 0 Å². The fourth-order valence-electron chi connectivity index (χ4n) is 4.26. The summed E-state index contributed by atoms with van der Waals surface area (Å²) in [6, 6.07) is 6.41. The number of piperidine rings is 1. The van der Waals surface area contributed by atoms with Gasteiger partial charge in [0, 0.05) is 29.9 Å². The number of carbonyl (C=O) groups is 3. The van der Waals surface area contributed by atoms with E-state index in [1.54, 1.807) is 30.9 Å². The van der Waals surface area contributed by atoms with Gasteiger partial charge in [-0.05, 0) is 50.3 Å². The molecule has 1 saturated heterocycles. The number of benzene rings is 1. The van der Waals surface area contributed by atoms with Crippen LogP contribution < -0.4 is 5.32 Å². The summed E-state index contributed by atoms with van der Waals surface area (Å²) in [6.07, 6.45) is 0.564. The van der Waals surface area contributed by atoms with Gasteiger partial charge in [0.05, 0.1) is 11.0 Å². The first-order valence-electron chi connectivity index (χ1n) is 11.4. The first kappa shape index (κ1) is 27.1. The maximum absolute atomic E-state index is 13.4. The topological polar surface area (TPSA) is 107 Å². The van der Waals surface area contributed by atoms with Crippen LogP contribution in [0.3, 0.4) is 0 Å². The van der Waals surface area contributed by atoms with Crippen molar-refractivity contribution in [3.05, 3.63) is 34.9 Å². The Balaban J connectivity index is 2.11. The highest BCUT2D eigenvalue weighted by Gasteiger charge is 2.50. The third kappa shape index (κ3) is 6.07. The maximum Gasteiger partial charge on any atom is 0.309 e. The molecule has 0 bridgehead atoms. The van der Waals surface area contributed by atoms with Gasteiger partial charge in [0.2, 0.25) is 11.8 Å². The van der Waals surface area contributed by atoms with Crippen LogP contribution in [0, 0.1) is 16.7 Å². The number of nitrogens with one attached hydrogen (secondary N) is 1. The molecule has 3 N–H and O–H groups in total. The lowest BCUT2D eigenvalue weighted by Crippen LogP contribution is -2.60. The molecular weight excluding hydrogens is 444 g/mol. The van der Waals surface area contributed by atoms with Crippen molar-refractivity contribution in [3.8, 4) is 0 Å². The molecule has 184 valence electrons. The summed E-state index contributed by atoms with van der Waals surface area (Å²) < 4.78 is 0. The second-order valence-corrected chi connectivity index (χ2v) is 11.2. The Labute approximate surface area is 201 Å². The van der Waals surface area contributed by atoms with Crippen LogP contribution >= 0.6 is 11.6 Å². The monoisotopic (exact) mass is 480 g/mol. The summed E-state index contributed by atoms with van der Waals surface area (Å²) in [6.45, 7) is 11.4. The minimum absolute atomic E-state index is 0.0254. The average molecular weight is 481 g/mol. The summed E-state index contributed by atoms with van der Waals surface area (Å²) in [5, 5.41) is 24.2. The van der Waals surface area contributed by atoms with Crippen molar-refractivity contribution in [2.45, 2.75) is 72.4 Å². The zero-order valence-corrected chi connectivity index (χ0v) is 21.2. The van der Waals surface area contributed by atoms with Crippen LogP contribution in [-0.4, -0.2) is 52.0 Å². The molecule has 2 atom stereocenters. The minimum atomic E-state index is -1.12. The molecule has 8 heteroatoms. The van der Waals surface area contributed by atoms with Crippen molar-refractivity contribution in [3.63, 3.8) is 0 Å². The lowest BCUT2D eigenvalue weighted by molar-refractivity contribution is -0.157. The predicted molar refractivity (Wildman–Crippen MR) is 128 cm³/mol. The van der Waals surface area contributed by atoms with Gasteiger partial charge < -0.3 is 20.4 Å². The number of aliphatic carboxylic acids is 1. The molecule has 1 aliphatic rings. The quantitative estimate of drug-likeness (QED) is 0.524. The fraction of sp³-hybridized carbons (Fsp3) is 0.640. The highest BCUT2D eigenvalue weighted by atomic mass is 35.5. The number of likely N-dealkylation sites (tertiary alicyclic amines) is 1. The average Bonchev–Trinajstić information content (AvgIpc) is 2.72. The lowest BCUT2D eigenvalue weighted by atomic mass is 9.66. The molecular formula is C25H37ClN2O5. The summed E-state index contributed by atoms with van der Waals surface area (Å²) >= 11 is 6.00. The van der Waals surface area contributed by atoms with Crippen molar-refractivity contribution in [1.29, 1.82) is 0 Å². The van der Waals surface area contributed by atoms with Gasteiger partial charge in [-0.3, -0.25) is 14.4 Å². The smallest absolute Gasteiger partial charge is 0.309 e. The standard InChI is InChI=1S/C25H37ClN2O5/c1-16(2)20(27-19(29)11-12-23(3,4)22(31)32)21(30)28-14-13-25(33,24(5,6)15-28)17-7-9-18(26)10-8-17/h7-10,16,20,33H,11-15H2,1-6H3,(H,27,29)(H,31,32)/t20-,25+/m1/s1. The molecule has 0 aliphatic carbocycles. The van der Waals surface area contributed by atoms with Crippen LogP contribution in [0.25, 0.3) is 0 Å². The van der Waals surface area contributed by atoms with Crippen LogP contribution in [0.5, 0.6) is 0 Å². The molecule has 1 heterocycles. The molecule has 1 aromatic carbocycles. The van der Waals surface area contributed by atoms with E-state index in [9.17, 15) is 24.6 Å². The van der Waals surface area contributed by atoms with Gasteiger partial charge in [-0.25, -0.2) is 0 Å². The molecule has 7 nitrogen and oxygen atoms in total. The third-order valence-electron chi connectivity index (χ3n) is 6.89. The van der Waals surface area contributed by atoms with Crippen molar-refractivity contribution < 1.29 is 24.6 Å². The number of carbonyl (C=O) groups excluding carboxylic acids is 2. The Kier molecular flexibility index (Phi) is 8.23. The Morgan fingerprint density at radius 2 is 1.76 bits per heavy atom. The maximum atomic E-state index is 13.4. The molecule has 0 unspecified atom stereocenters. The Morgan fingerprint density at radius 3 is 2.24 bits per heavy atom. The van der Waals surface area contributed by atoms with Gasteiger partial charge in [-0.2, -0.15) is 0 Å². The highest BCUT2D eigenvalue weighted by Crippen LogP contribution is 2.46. The molecule has 0 radical (unpaired) electrons. The fourth-order valence-corrected chi connectivity index (χ4v) is 4.39. The van der Waals surface area contributed by atoms with Crippen LogP contribution in [0.1, 0.15) is 66.4 Å². The summed E-state index contributed by atoms with van der Waals surface area (Å²) in [7, 11) is 0. The summed E-state index contributed by atoms with van der Waals surface area (Å²) in [5.41, 5.74) is -2.00. The molecule has 2 amide bonds. The highest BCUT2D eigenvalue weighted by molar-refractivity contribution is 6.30. The SMILES string of the molecule is CC(C)[C@@H](NC(=O)CCC(C)(C)C(=O)O)C(=O)N1CC[C@](O)(c2ccc(Cl)cc2)C(C)(C)C1. The second-order valence-electron chi connectivity index (χ2n) is 10.7. The van der Waals surface area contributed by atoms with Gasteiger partial charge in [0.25, 0.3) is 0 Å². The van der Waals surface area contributed by atoms with Gasteiger partial charge in [0.15, 0.2) is 0 Å². The van der Waals surface area contributed by atoms with Gasteiger partial charge >= 0.3 is 5.97 Å². The van der Waals surface area contributed by atoms with Crippen LogP contribution in [0.4, 0.5) is 0 Å². The minimum Gasteiger partial charge on any atom is -0.481 e. The molecule has 33 heavy (non-hydrogen) atoms. The zero-order chi connectivity index (χ0) is 25.2. The Bertz CT molecular complexity index is 881. The Hall–Kier alpha value is -2.12. The number of aliphatic hydroxyl groups is 1. The number of nitrogens with zero attached hydrogens (tertiary/aromatic N) is 1. The molecule has 1 aromatic rings. The molecule has 2 rings (SSSR count). The normalized spacial score (nSPS) is 21.5. The lowest BCUT2D eigenvalue weighted by Gasteiger charge is -2.51. The molecule has 1 aliphatic heterocycles. The predicted octanol–water partition coefficient (Wildman–Crippen LogP) is 3.82. The van der Waals surface area contributed by atoms with Gasteiger partial charge in [0.1, 0.15) is 6.04 Å². The number of hydrogen-bond acceptors (Lipinski definition) is 4. The Morgan fingerprint density at radius 1 is 1.18 bits per heavy atom. The van der Waals surface area contributed by atoms with Crippen LogP contribution in [-0.2, 0) is 20.0 Å². The van der Waals surface area contributed by atoms with E-state index in [0.717, 1.165) is 5.56 Å². The molecule has 0 aromatic heterocycles. The first-order valence-corrected chi connectivity index (χ1v) is 11.8. The molecule has 1 fully saturated rings. The number of carboxylic acid groups (broad SMARTS) is 1. The van der Waals surface area contributed by atoms with E-state index in [-0.39, 0.29) is 30.6 Å². The first-order chi connectivity index (χ1) is 15.1. The zero-order valence-electron chi connectivity index (χ0n) is 20.4.